The SMILES string of the molecule is COc1ccc(O)c2c(=O)cc3n(c12)CCC3. The third kappa shape index (κ3) is 1.33. The van der Waals surface area contributed by atoms with Crippen molar-refractivity contribution in [3.05, 3.63) is 34.1 Å². The van der Waals surface area contributed by atoms with Crippen LogP contribution >= 0.6 is 0 Å². The highest BCUT2D eigenvalue weighted by atomic mass is 16.5. The van der Waals surface area contributed by atoms with E-state index in [4.69, 9.17) is 4.74 Å². The molecule has 0 spiro atoms. The lowest BCUT2D eigenvalue weighted by atomic mass is 10.1. The first-order chi connectivity index (χ1) is 8.22. The Morgan fingerprint density at radius 3 is 3.00 bits per heavy atom. The van der Waals surface area contributed by atoms with Gasteiger partial charge in [-0.1, -0.05) is 0 Å². The molecule has 1 aliphatic heterocycles. The number of benzene rings is 1. The van der Waals surface area contributed by atoms with E-state index in [0.717, 1.165) is 25.1 Å². The lowest BCUT2D eigenvalue weighted by Crippen LogP contribution is -2.10. The van der Waals surface area contributed by atoms with E-state index in [2.05, 4.69) is 4.57 Å². The van der Waals surface area contributed by atoms with Crippen LogP contribution in [0.1, 0.15) is 12.1 Å². The molecule has 88 valence electrons. The molecule has 3 rings (SSSR count). The molecule has 0 amide bonds. The molecule has 0 aliphatic carbocycles. The minimum Gasteiger partial charge on any atom is -0.507 e. The van der Waals surface area contributed by atoms with Crippen molar-refractivity contribution in [3.63, 3.8) is 0 Å². The van der Waals surface area contributed by atoms with Gasteiger partial charge in [-0.2, -0.15) is 0 Å². The number of hydrogen-bond acceptors (Lipinski definition) is 3. The predicted octanol–water partition coefficient (Wildman–Crippen LogP) is 1.66. The summed E-state index contributed by atoms with van der Waals surface area (Å²) in [5.74, 6) is 0.659. The monoisotopic (exact) mass is 231 g/mol. The van der Waals surface area contributed by atoms with Gasteiger partial charge in [0.25, 0.3) is 0 Å². The number of methoxy groups -OCH3 is 1. The summed E-state index contributed by atoms with van der Waals surface area (Å²) in [5, 5.41) is 10.2. The number of pyridine rings is 1. The number of ether oxygens (including phenoxy) is 1. The number of fused-ring (bicyclic) bond motifs is 3. The average molecular weight is 231 g/mol. The van der Waals surface area contributed by atoms with E-state index < -0.39 is 0 Å². The van der Waals surface area contributed by atoms with Crippen molar-refractivity contribution in [2.75, 3.05) is 7.11 Å². The van der Waals surface area contributed by atoms with Crippen LogP contribution in [-0.4, -0.2) is 16.8 Å². The zero-order valence-corrected chi connectivity index (χ0v) is 9.56. The molecular formula is C13H13NO3. The highest BCUT2D eigenvalue weighted by molar-refractivity contribution is 5.90. The molecule has 0 fully saturated rings. The van der Waals surface area contributed by atoms with E-state index in [0.29, 0.717) is 16.7 Å². The third-order valence-electron chi connectivity index (χ3n) is 3.31. The van der Waals surface area contributed by atoms with Gasteiger partial charge in [-0.05, 0) is 25.0 Å². The lowest BCUT2D eigenvalue weighted by molar-refractivity contribution is 0.415. The molecule has 0 saturated carbocycles. The number of hydrogen-bond donors (Lipinski definition) is 1. The molecule has 2 heterocycles. The maximum absolute atomic E-state index is 12.0. The summed E-state index contributed by atoms with van der Waals surface area (Å²) in [5.41, 5.74) is 1.60. The van der Waals surface area contributed by atoms with Gasteiger partial charge in [0.05, 0.1) is 18.0 Å². The fraction of sp³-hybridized carbons (Fsp3) is 0.308. The minimum absolute atomic E-state index is 0.0213. The van der Waals surface area contributed by atoms with E-state index in [-0.39, 0.29) is 11.2 Å². The molecule has 1 aromatic carbocycles. The molecule has 1 N–H and O–H groups in total. The third-order valence-corrected chi connectivity index (χ3v) is 3.31. The number of aromatic hydroxyl groups is 1. The van der Waals surface area contributed by atoms with Gasteiger partial charge in [-0.25, -0.2) is 0 Å². The fourth-order valence-electron chi connectivity index (χ4n) is 2.56. The Kier molecular flexibility index (Phi) is 2.11. The highest BCUT2D eigenvalue weighted by Gasteiger charge is 2.19. The van der Waals surface area contributed by atoms with E-state index in [1.807, 2.05) is 0 Å². The van der Waals surface area contributed by atoms with Crippen molar-refractivity contribution in [1.29, 1.82) is 0 Å². The molecule has 1 aliphatic rings. The first-order valence-corrected chi connectivity index (χ1v) is 5.65. The Hall–Kier alpha value is -1.97. The van der Waals surface area contributed by atoms with Gasteiger partial charge in [0.15, 0.2) is 5.43 Å². The van der Waals surface area contributed by atoms with Crippen LogP contribution < -0.4 is 10.2 Å². The summed E-state index contributed by atoms with van der Waals surface area (Å²) in [4.78, 5) is 12.0. The molecule has 4 nitrogen and oxygen atoms in total. The van der Waals surface area contributed by atoms with E-state index in [1.54, 1.807) is 19.2 Å². The Balaban J connectivity index is 2.55. The molecular weight excluding hydrogens is 218 g/mol. The molecule has 0 unspecified atom stereocenters. The highest BCUT2D eigenvalue weighted by Crippen LogP contribution is 2.32. The number of rotatable bonds is 1. The first-order valence-electron chi connectivity index (χ1n) is 5.65. The quantitative estimate of drug-likeness (QED) is 0.812. The number of phenolic OH excluding ortho intramolecular Hbond substituents is 1. The second-order valence-corrected chi connectivity index (χ2v) is 4.27. The summed E-state index contributed by atoms with van der Waals surface area (Å²) < 4.78 is 7.36. The summed E-state index contributed by atoms with van der Waals surface area (Å²) in [6, 6.07) is 4.82. The van der Waals surface area contributed by atoms with Crippen LogP contribution in [0, 0.1) is 0 Å². The van der Waals surface area contributed by atoms with Gasteiger partial charge < -0.3 is 14.4 Å². The van der Waals surface area contributed by atoms with Gasteiger partial charge >= 0.3 is 0 Å². The zero-order valence-electron chi connectivity index (χ0n) is 9.56. The van der Waals surface area contributed by atoms with E-state index >= 15 is 0 Å². The lowest BCUT2D eigenvalue weighted by Gasteiger charge is -2.13. The van der Waals surface area contributed by atoms with Crippen LogP contribution in [0.25, 0.3) is 10.9 Å². The number of aromatic nitrogens is 1. The Labute approximate surface area is 98.1 Å². The molecule has 4 heteroatoms. The fourth-order valence-corrected chi connectivity index (χ4v) is 2.56. The second-order valence-electron chi connectivity index (χ2n) is 4.27. The van der Waals surface area contributed by atoms with Crippen LogP contribution in [0.5, 0.6) is 11.5 Å². The summed E-state index contributed by atoms with van der Waals surface area (Å²) in [6.45, 7) is 0.867. The average Bonchev–Trinajstić information content (AvgIpc) is 2.77. The largest absolute Gasteiger partial charge is 0.507 e. The van der Waals surface area contributed by atoms with Crippen molar-refractivity contribution < 1.29 is 9.84 Å². The van der Waals surface area contributed by atoms with Crippen LogP contribution in [0.15, 0.2) is 23.0 Å². The standard InChI is InChI=1S/C13H13NO3/c1-17-11-5-4-9(15)12-10(16)7-8-3-2-6-14(8)13(11)12/h4-5,7,15H,2-3,6H2,1H3. The smallest absolute Gasteiger partial charge is 0.193 e. The molecule has 0 bridgehead atoms. The molecule has 0 atom stereocenters. The van der Waals surface area contributed by atoms with Crippen LogP contribution in [0.4, 0.5) is 0 Å². The van der Waals surface area contributed by atoms with Crippen LogP contribution in [0.3, 0.4) is 0 Å². The Morgan fingerprint density at radius 1 is 1.41 bits per heavy atom. The van der Waals surface area contributed by atoms with Gasteiger partial charge in [0.1, 0.15) is 11.5 Å². The second kappa shape index (κ2) is 3.52. The predicted molar refractivity (Wildman–Crippen MR) is 64.7 cm³/mol. The molecule has 2 aromatic rings. The van der Waals surface area contributed by atoms with Crippen molar-refractivity contribution in [1.82, 2.24) is 4.57 Å². The first kappa shape index (κ1) is 10.2. The number of nitrogens with zero attached hydrogens (tertiary/aromatic N) is 1. The minimum atomic E-state index is -0.135. The maximum Gasteiger partial charge on any atom is 0.193 e. The maximum atomic E-state index is 12.0. The van der Waals surface area contributed by atoms with Crippen LogP contribution in [0.2, 0.25) is 0 Å². The normalized spacial score (nSPS) is 13.9. The van der Waals surface area contributed by atoms with Crippen molar-refractivity contribution in [2.24, 2.45) is 0 Å². The van der Waals surface area contributed by atoms with E-state index in [9.17, 15) is 9.90 Å². The van der Waals surface area contributed by atoms with Gasteiger partial charge in [0.2, 0.25) is 0 Å². The van der Waals surface area contributed by atoms with Gasteiger partial charge in [-0.3, -0.25) is 4.79 Å². The molecule has 0 radical (unpaired) electrons. The van der Waals surface area contributed by atoms with Gasteiger partial charge in [0, 0.05) is 18.3 Å². The van der Waals surface area contributed by atoms with E-state index in [1.165, 1.54) is 6.07 Å². The molecule has 1 aromatic heterocycles. The molecule has 0 saturated heterocycles. The summed E-state index contributed by atoms with van der Waals surface area (Å²) >= 11 is 0. The summed E-state index contributed by atoms with van der Waals surface area (Å²) in [7, 11) is 1.57. The number of aryl methyl sites for hydroxylation is 2. The topological polar surface area (TPSA) is 51.5 Å². The van der Waals surface area contributed by atoms with Crippen molar-refractivity contribution in [3.8, 4) is 11.5 Å². The summed E-state index contributed by atoms with van der Waals surface area (Å²) in [6.07, 6.45) is 1.93. The van der Waals surface area contributed by atoms with Crippen molar-refractivity contribution >= 4 is 10.9 Å². The number of phenols is 1. The zero-order chi connectivity index (χ0) is 12.0. The Morgan fingerprint density at radius 2 is 2.24 bits per heavy atom. The van der Waals surface area contributed by atoms with Gasteiger partial charge in [-0.15, -0.1) is 0 Å². The Bertz CT molecular complexity index is 658. The molecule has 17 heavy (non-hydrogen) atoms. The van der Waals surface area contributed by atoms with Crippen LogP contribution in [-0.2, 0) is 13.0 Å². The van der Waals surface area contributed by atoms with Crippen molar-refractivity contribution in [2.45, 2.75) is 19.4 Å².